The summed E-state index contributed by atoms with van der Waals surface area (Å²) in [7, 11) is 3.13. The highest BCUT2D eigenvalue weighted by Gasteiger charge is 2.46. The Balaban J connectivity index is 2.94. The van der Waals surface area contributed by atoms with Crippen molar-refractivity contribution in [3.8, 4) is 0 Å². The highest BCUT2D eigenvalue weighted by Crippen LogP contribution is 2.40. The molecule has 0 aliphatic carbocycles. The first-order chi connectivity index (χ1) is 10.7. The molecule has 2 amide bonds. The fourth-order valence-electron chi connectivity index (χ4n) is 2.56. The molecule has 1 aliphatic rings. The zero-order valence-electron chi connectivity index (χ0n) is 13.7. The van der Waals surface area contributed by atoms with Crippen LogP contribution in [0.15, 0.2) is 0 Å². The molecule has 1 fully saturated rings. The number of hydrogen-bond acceptors (Lipinski definition) is 2. The number of halogens is 6. The summed E-state index contributed by atoms with van der Waals surface area (Å²) >= 11 is 35.3. The van der Waals surface area contributed by atoms with Gasteiger partial charge in [-0.15, -0.1) is 0 Å². The van der Waals surface area contributed by atoms with Crippen LogP contribution in [0.4, 0.5) is 0 Å². The molecule has 0 aromatic rings. The average molecular weight is 461 g/mol. The Morgan fingerprint density at radius 3 is 1.25 bits per heavy atom. The molecule has 4 nitrogen and oxygen atoms in total. The molecule has 0 aromatic carbocycles. The monoisotopic (exact) mass is 458 g/mol. The predicted octanol–water partition coefficient (Wildman–Crippen LogP) is 4.45. The van der Waals surface area contributed by atoms with E-state index in [-0.39, 0.29) is 24.7 Å². The van der Waals surface area contributed by atoms with Gasteiger partial charge in [-0.05, 0) is 12.8 Å². The van der Waals surface area contributed by atoms with Crippen LogP contribution in [-0.2, 0) is 9.59 Å². The van der Waals surface area contributed by atoms with Gasteiger partial charge in [-0.3, -0.25) is 9.59 Å². The van der Waals surface area contributed by atoms with E-state index >= 15 is 0 Å². The molecule has 0 N–H and O–H groups in total. The minimum absolute atomic E-state index is 0.222. The maximum Gasteiger partial charge on any atom is 0.245 e. The number of likely N-dealkylation sites (N-methyl/N-ethyl adjacent to an activating group) is 2. The van der Waals surface area contributed by atoms with E-state index in [0.717, 1.165) is 0 Å². The average Bonchev–Trinajstić information content (AvgIpc) is 2.43. The van der Waals surface area contributed by atoms with E-state index in [4.69, 9.17) is 69.6 Å². The van der Waals surface area contributed by atoms with E-state index in [1.165, 1.54) is 9.80 Å². The Hall–Kier alpha value is 0.680. The minimum atomic E-state index is -1.51. The molecule has 0 unspecified atom stereocenters. The quantitative estimate of drug-likeness (QED) is 0.581. The van der Waals surface area contributed by atoms with E-state index in [0.29, 0.717) is 0 Å². The van der Waals surface area contributed by atoms with Crippen LogP contribution in [0.3, 0.4) is 0 Å². The number of hydrogen-bond donors (Lipinski definition) is 0. The molecule has 0 aromatic heterocycles. The van der Waals surface area contributed by atoms with E-state index in [1.54, 1.807) is 27.9 Å². The van der Waals surface area contributed by atoms with Crippen molar-refractivity contribution >= 4 is 81.4 Å². The summed E-state index contributed by atoms with van der Waals surface area (Å²) < 4.78 is -3.02. The third-order valence-corrected chi connectivity index (χ3v) is 6.71. The van der Waals surface area contributed by atoms with Gasteiger partial charge in [0.25, 0.3) is 0 Å². The Kier molecular flexibility index (Phi) is 7.71. The number of carbonyl (C=O) groups excluding carboxylic acids is 2. The number of rotatable bonds is 4. The van der Waals surface area contributed by atoms with Crippen molar-refractivity contribution < 1.29 is 9.59 Å². The van der Waals surface area contributed by atoms with Gasteiger partial charge in [0.15, 0.2) is 7.59 Å². The van der Waals surface area contributed by atoms with Crippen LogP contribution < -0.4 is 0 Å². The van der Waals surface area contributed by atoms with Gasteiger partial charge >= 0.3 is 0 Å². The normalized spacial score (nSPS) is 25.9. The Morgan fingerprint density at radius 2 is 1.04 bits per heavy atom. The van der Waals surface area contributed by atoms with E-state index in [1.807, 2.05) is 0 Å². The van der Waals surface area contributed by atoms with Crippen molar-refractivity contribution in [2.45, 2.75) is 46.4 Å². The summed E-state index contributed by atoms with van der Waals surface area (Å²) in [5.41, 5.74) is 0. The SMILES string of the molecule is C[C@H](C[C@H]1C(=O)N(C)[C@@H](C[C@@H](C)C(Cl)(Cl)Cl)C(=O)N1C)C(Cl)(Cl)Cl. The lowest BCUT2D eigenvalue weighted by Gasteiger charge is -2.44. The van der Waals surface area contributed by atoms with Crippen molar-refractivity contribution in [2.75, 3.05) is 14.1 Å². The second kappa shape index (κ2) is 8.14. The predicted molar refractivity (Wildman–Crippen MR) is 101 cm³/mol. The molecule has 1 aliphatic heterocycles. The van der Waals surface area contributed by atoms with Crippen molar-refractivity contribution in [1.29, 1.82) is 0 Å². The van der Waals surface area contributed by atoms with E-state index in [2.05, 4.69) is 0 Å². The van der Waals surface area contributed by atoms with Crippen molar-refractivity contribution in [3.05, 3.63) is 0 Å². The van der Waals surface area contributed by atoms with Gasteiger partial charge in [0.2, 0.25) is 11.8 Å². The molecule has 24 heavy (non-hydrogen) atoms. The van der Waals surface area contributed by atoms with E-state index in [9.17, 15) is 9.59 Å². The second-order valence-corrected chi connectivity index (χ2v) is 11.0. The number of carbonyl (C=O) groups is 2. The number of amides is 2. The van der Waals surface area contributed by atoms with Crippen molar-refractivity contribution in [2.24, 2.45) is 11.8 Å². The molecule has 140 valence electrons. The Morgan fingerprint density at radius 1 is 0.792 bits per heavy atom. The minimum Gasteiger partial charge on any atom is -0.332 e. The van der Waals surface area contributed by atoms with Crippen LogP contribution in [0.2, 0.25) is 0 Å². The number of nitrogens with zero attached hydrogens (tertiary/aromatic N) is 2. The van der Waals surface area contributed by atoms with Gasteiger partial charge in [0.1, 0.15) is 12.1 Å². The molecule has 0 spiro atoms. The zero-order valence-corrected chi connectivity index (χ0v) is 18.2. The van der Waals surface area contributed by atoms with Crippen LogP contribution >= 0.6 is 69.6 Å². The molecule has 10 heteroatoms. The Labute approximate surface area is 172 Å². The first-order valence-electron chi connectivity index (χ1n) is 7.34. The third-order valence-electron chi connectivity index (χ3n) is 4.47. The van der Waals surface area contributed by atoms with Crippen LogP contribution in [0.25, 0.3) is 0 Å². The summed E-state index contributed by atoms with van der Waals surface area (Å²) in [5.74, 6) is -1.26. The molecule has 1 heterocycles. The lowest BCUT2D eigenvalue weighted by molar-refractivity contribution is -0.159. The van der Waals surface area contributed by atoms with Crippen molar-refractivity contribution in [3.63, 3.8) is 0 Å². The highest BCUT2D eigenvalue weighted by molar-refractivity contribution is 6.68. The lowest BCUT2D eigenvalue weighted by Crippen LogP contribution is -2.63. The largest absolute Gasteiger partial charge is 0.332 e. The topological polar surface area (TPSA) is 40.6 Å². The molecule has 1 rings (SSSR count). The molecule has 0 radical (unpaired) electrons. The fourth-order valence-corrected chi connectivity index (χ4v) is 3.10. The molecule has 0 saturated carbocycles. The van der Waals surface area contributed by atoms with Crippen LogP contribution in [-0.4, -0.2) is 55.4 Å². The van der Waals surface area contributed by atoms with Crippen LogP contribution in [0.1, 0.15) is 26.7 Å². The van der Waals surface area contributed by atoms with Gasteiger partial charge in [-0.1, -0.05) is 83.5 Å². The summed E-state index contributed by atoms with van der Waals surface area (Å²) in [4.78, 5) is 28.2. The molecule has 4 atom stereocenters. The maximum atomic E-state index is 12.7. The number of alkyl halides is 6. The van der Waals surface area contributed by atoms with E-state index < -0.39 is 31.5 Å². The van der Waals surface area contributed by atoms with Gasteiger partial charge in [0, 0.05) is 25.9 Å². The summed E-state index contributed by atoms with van der Waals surface area (Å²) in [5, 5.41) is 0. The van der Waals surface area contributed by atoms with Gasteiger partial charge < -0.3 is 9.80 Å². The molecular weight excluding hydrogens is 441 g/mol. The molecular formula is C14H20Cl6N2O2. The number of piperazine rings is 1. The first-order valence-corrected chi connectivity index (χ1v) is 9.61. The summed E-state index contributed by atoms with van der Waals surface area (Å²) in [6.07, 6.45) is 0.489. The summed E-state index contributed by atoms with van der Waals surface area (Å²) in [6.45, 7) is 3.44. The second-order valence-electron chi connectivity index (χ2n) is 6.29. The van der Waals surface area contributed by atoms with Crippen molar-refractivity contribution in [1.82, 2.24) is 9.80 Å². The Bertz CT molecular complexity index is 447. The zero-order chi connectivity index (χ0) is 19.0. The third kappa shape index (κ3) is 5.34. The fraction of sp³-hybridized carbons (Fsp3) is 0.857. The van der Waals surface area contributed by atoms with Gasteiger partial charge in [-0.25, -0.2) is 0 Å². The maximum absolute atomic E-state index is 12.7. The standard InChI is InChI=1S/C14H20Cl6N2O2/c1-7(13(15,16)17)5-9-11(23)22(4)10(12(24)21(9)3)6-8(2)14(18,19)20/h7-10H,5-6H2,1-4H3/t7-,8-,9+,10+/m1/s1. The molecule has 0 bridgehead atoms. The van der Waals surface area contributed by atoms with Gasteiger partial charge in [-0.2, -0.15) is 0 Å². The lowest BCUT2D eigenvalue weighted by atomic mass is 9.93. The van der Waals surface area contributed by atoms with Crippen LogP contribution in [0, 0.1) is 11.8 Å². The first kappa shape index (κ1) is 22.7. The smallest absolute Gasteiger partial charge is 0.245 e. The highest BCUT2D eigenvalue weighted by atomic mass is 35.6. The molecule has 1 saturated heterocycles. The summed E-state index contributed by atoms with van der Waals surface area (Å²) in [6, 6.07) is -1.38. The van der Waals surface area contributed by atoms with Crippen LogP contribution in [0.5, 0.6) is 0 Å². The van der Waals surface area contributed by atoms with Gasteiger partial charge in [0.05, 0.1) is 0 Å².